The van der Waals surface area contributed by atoms with Crippen molar-refractivity contribution in [2.75, 3.05) is 5.32 Å². The minimum absolute atomic E-state index is 0.0633. The molecule has 21 heavy (non-hydrogen) atoms. The molecule has 110 valence electrons. The number of thioether (sulfide) groups is 1. The lowest BCUT2D eigenvalue weighted by Gasteiger charge is -2.15. The van der Waals surface area contributed by atoms with E-state index in [1.54, 1.807) is 11.8 Å². The molecule has 1 atom stereocenters. The molecule has 1 N–H and O–H groups in total. The molecule has 0 heterocycles. The number of hydrogen-bond donors (Lipinski definition) is 1. The number of benzene rings is 2. The molecular weight excluding hydrogens is 278 g/mol. The Kier molecular flexibility index (Phi) is 5.45. The molecule has 0 spiro atoms. The Balaban J connectivity index is 1.94. The first kappa shape index (κ1) is 15.6. The van der Waals surface area contributed by atoms with E-state index in [2.05, 4.69) is 17.4 Å². The van der Waals surface area contributed by atoms with Crippen LogP contribution in [0.25, 0.3) is 0 Å². The Labute approximate surface area is 131 Å². The summed E-state index contributed by atoms with van der Waals surface area (Å²) in [6.45, 7) is 5.99. The van der Waals surface area contributed by atoms with E-state index in [9.17, 15) is 4.79 Å². The van der Waals surface area contributed by atoms with Crippen molar-refractivity contribution in [3.63, 3.8) is 0 Å². The third kappa shape index (κ3) is 4.36. The lowest BCUT2D eigenvalue weighted by atomic mass is 10.1. The van der Waals surface area contributed by atoms with Crippen LogP contribution in [0.15, 0.2) is 48.5 Å². The molecule has 1 unspecified atom stereocenters. The number of para-hydroxylation sites is 1. The van der Waals surface area contributed by atoms with E-state index in [0.29, 0.717) is 0 Å². The van der Waals surface area contributed by atoms with Crippen molar-refractivity contribution in [3.05, 3.63) is 65.2 Å². The normalized spacial score (nSPS) is 12.0. The number of amides is 1. The van der Waals surface area contributed by atoms with Gasteiger partial charge in [-0.3, -0.25) is 4.79 Å². The first-order chi connectivity index (χ1) is 10.1. The zero-order valence-electron chi connectivity index (χ0n) is 12.7. The first-order valence-electron chi connectivity index (χ1n) is 7.10. The van der Waals surface area contributed by atoms with Gasteiger partial charge in [0.1, 0.15) is 0 Å². The molecule has 0 fully saturated rings. The summed E-state index contributed by atoms with van der Waals surface area (Å²) in [7, 11) is 0. The topological polar surface area (TPSA) is 29.1 Å². The number of anilines is 1. The van der Waals surface area contributed by atoms with Crippen LogP contribution in [0.1, 0.15) is 23.6 Å². The standard InChI is InChI=1S/C18H21NOS/c1-13-8-7-9-14(2)17(13)19-18(20)15(3)21-12-16-10-5-4-6-11-16/h4-11,15H,12H2,1-3H3,(H,19,20). The maximum Gasteiger partial charge on any atom is 0.237 e. The molecule has 0 bridgehead atoms. The fourth-order valence-corrected chi connectivity index (χ4v) is 2.95. The Bertz CT molecular complexity index is 590. The lowest BCUT2D eigenvalue weighted by Crippen LogP contribution is -2.23. The molecule has 0 aliphatic rings. The van der Waals surface area contributed by atoms with Gasteiger partial charge in [0.15, 0.2) is 0 Å². The fraction of sp³-hybridized carbons (Fsp3) is 0.278. The zero-order valence-corrected chi connectivity index (χ0v) is 13.5. The van der Waals surface area contributed by atoms with E-state index < -0.39 is 0 Å². The molecule has 1 amide bonds. The number of rotatable bonds is 5. The van der Waals surface area contributed by atoms with Gasteiger partial charge in [0, 0.05) is 11.4 Å². The van der Waals surface area contributed by atoms with Crippen LogP contribution < -0.4 is 5.32 Å². The Morgan fingerprint density at radius 3 is 2.29 bits per heavy atom. The highest BCUT2D eigenvalue weighted by atomic mass is 32.2. The molecule has 0 saturated carbocycles. The van der Waals surface area contributed by atoms with Gasteiger partial charge >= 0.3 is 0 Å². The Morgan fingerprint density at radius 1 is 1.05 bits per heavy atom. The minimum Gasteiger partial charge on any atom is -0.325 e. The quantitative estimate of drug-likeness (QED) is 0.876. The fourth-order valence-electron chi connectivity index (χ4n) is 2.11. The molecular formula is C18H21NOS. The van der Waals surface area contributed by atoms with Gasteiger partial charge in [0.05, 0.1) is 5.25 Å². The average molecular weight is 299 g/mol. The van der Waals surface area contributed by atoms with E-state index in [1.165, 1.54) is 5.56 Å². The summed E-state index contributed by atoms with van der Waals surface area (Å²) in [5, 5.41) is 2.98. The van der Waals surface area contributed by atoms with Gasteiger partial charge < -0.3 is 5.32 Å². The predicted molar refractivity (Wildman–Crippen MR) is 91.7 cm³/mol. The first-order valence-corrected chi connectivity index (χ1v) is 8.15. The van der Waals surface area contributed by atoms with Crippen molar-refractivity contribution in [2.45, 2.75) is 31.8 Å². The largest absolute Gasteiger partial charge is 0.325 e. The second-order valence-electron chi connectivity index (χ2n) is 5.19. The van der Waals surface area contributed by atoms with E-state index in [0.717, 1.165) is 22.6 Å². The molecule has 0 aliphatic heterocycles. The van der Waals surface area contributed by atoms with E-state index >= 15 is 0 Å². The van der Waals surface area contributed by atoms with Gasteiger partial charge in [-0.15, -0.1) is 11.8 Å². The van der Waals surface area contributed by atoms with Crippen molar-refractivity contribution in [2.24, 2.45) is 0 Å². The highest BCUT2D eigenvalue weighted by Gasteiger charge is 2.15. The monoisotopic (exact) mass is 299 g/mol. The van der Waals surface area contributed by atoms with Crippen LogP contribution in [-0.2, 0) is 10.5 Å². The zero-order chi connectivity index (χ0) is 15.2. The van der Waals surface area contributed by atoms with Gasteiger partial charge in [0.25, 0.3) is 0 Å². The number of hydrogen-bond acceptors (Lipinski definition) is 2. The Morgan fingerprint density at radius 2 is 1.67 bits per heavy atom. The molecule has 0 radical (unpaired) electrons. The van der Waals surface area contributed by atoms with Gasteiger partial charge in [-0.25, -0.2) is 0 Å². The average Bonchev–Trinajstić information content (AvgIpc) is 2.49. The van der Waals surface area contributed by atoms with Crippen LogP contribution in [0.5, 0.6) is 0 Å². The van der Waals surface area contributed by atoms with Crippen LogP contribution in [0.4, 0.5) is 5.69 Å². The number of nitrogens with one attached hydrogen (secondary N) is 1. The highest BCUT2D eigenvalue weighted by molar-refractivity contribution is 7.99. The molecule has 3 heteroatoms. The molecule has 0 aromatic heterocycles. The number of aryl methyl sites for hydroxylation is 2. The van der Waals surface area contributed by atoms with Gasteiger partial charge in [-0.2, -0.15) is 0 Å². The maximum absolute atomic E-state index is 12.3. The third-order valence-electron chi connectivity index (χ3n) is 3.44. The molecule has 0 aliphatic carbocycles. The smallest absolute Gasteiger partial charge is 0.237 e. The Hall–Kier alpha value is -1.74. The molecule has 2 nitrogen and oxygen atoms in total. The second-order valence-corrected chi connectivity index (χ2v) is 6.52. The van der Waals surface area contributed by atoms with Gasteiger partial charge in [-0.1, -0.05) is 48.5 Å². The van der Waals surface area contributed by atoms with Crippen LogP contribution in [0.3, 0.4) is 0 Å². The summed E-state index contributed by atoms with van der Waals surface area (Å²) < 4.78 is 0. The van der Waals surface area contributed by atoms with Crippen LogP contribution in [0, 0.1) is 13.8 Å². The number of carbonyl (C=O) groups is 1. The summed E-state index contributed by atoms with van der Waals surface area (Å²) in [4.78, 5) is 12.3. The van der Waals surface area contributed by atoms with Crippen LogP contribution in [-0.4, -0.2) is 11.2 Å². The van der Waals surface area contributed by atoms with Crippen molar-refractivity contribution >= 4 is 23.4 Å². The maximum atomic E-state index is 12.3. The summed E-state index contributed by atoms with van der Waals surface area (Å²) in [6, 6.07) is 16.3. The lowest BCUT2D eigenvalue weighted by molar-refractivity contribution is -0.115. The van der Waals surface area contributed by atoms with Crippen molar-refractivity contribution in [1.82, 2.24) is 0 Å². The summed E-state index contributed by atoms with van der Waals surface area (Å²) in [5.41, 5.74) is 4.39. The summed E-state index contributed by atoms with van der Waals surface area (Å²) >= 11 is 1.66. The third-order valence-corrected chi connectivity index (χ3v) is 4.66. The number of carbonyl (C=O) groups excluding carboxylic acids is 1. The van der Waals surface area contributed by atoms with E-state index in [-0.39, 0.29) is 11.2 Å². The molecule has 2 aromatic rings. The predicted octanol–water partition coefficient (Wildman–Crippen LogP) is 4.56. The summed E-state index contributed by atoms with van der Waals surface area (Å²) in [5.74, 6) is 0.913. The molecule has 0 saturated heterocycles. The van der Waals surface area contributed by atoms with Crippen molar-refractivity contribution < 1.29 is 4.79 Å². The minimum atomic E-state index is -0.0794. The summed E-state index contributed by atoms with van der Waals surface area (Å²) in [6.07, 6.45) is 0. The van der Waals surface area contributed by atoms with Gasteiger partial charge in [-0.05, 0) is 37.5 Å². The SMILES string of the molecule is Cc1cccc(C)c1NC(=O)C(C)SCc1ccccc1. The van der Waals surface area contributed by atoms with Gasteiger partial charge in [0.2, 0.25) is 5.91 Å². The van der Waals surface area contributed by atoms with E-state index in [4.69, 9.17) is 0 Å². The molecule has 2 rings (SSSR count). The van der Waals surface area contributed by atoms with E-state index in [1.807, 2.05) is 57.2 Å². The van der Waals surface area contributed by atoms with Crippen LogP contribution >= 0.6 is 11.8 Å². The van der Waals surface area contributed by atoms with Crippen LogP contribution in [0.2, 0.25) is 0 Å². The van der Waals surface area contributed by atoms with Crippen molar-refractivity contribution in [3.8, 4) is 0 Å². The van der Waals surface area contributed by atoms with Crippen molar-refractivity contribution in [1.29, 1.82) is 0 Å². The second kappa shape index (κ2) is 7.32. The molecule has 2 aromatic carbocycles. The highest BCUT2D eigenvalue weighted by Crippen LogP contribution is 2.23.